The van der Waals surface area contributed by atoms with Crippen molar-refractivity contribution in [2.45, 2.75) is 5.37 Å². The van der Waals surface area contributed by atoms with Crippen LogP contribution in [0.15, 0.2) is 5.10 Å². The summed E-state index contributed by atoms with van der Waals surface area (Å²) in [6.07, 6.45) is 1.24. The van der Waals surface area contributed by atoms with E-state index in [0.29, 0.717) is 0 Å². The Labute approximate surface area is 61.8 Å². The van der Waals surface area contributed by atoms with E-state index in [4.69, 9.17) is 16.7 Å². The molecule has 0 aromatic carbocycles. The van der Waals surface area contributed by atoms with E-state index >= 15 is 0 Å². The third-order valence-electron chi connectivity index (χ3n) is 1.07. The molecule has 1 heterocycles. The number of nitrogens with zero attached hydrogens (tertiary/aromatic N) is 2. The van der Waals surface area contributed by atoms with Gasteiger partial charge in [0.05, 0.1) is 13.2 Å². The fourth-order valence-corrected chi connectivity index (χ4v) is 0.835. The largest absolute Gasteiger partial charge is 0.350 e. The number of hydrogen-bond acceptors (Lipinski definition) is 5. The van der Waals surface area contributed by atoms with Gasteiger partial charge in [-0.15, -0.1) is 0 Å². The third-order valence-corrected chi connectivity index (χ3v) is 1.37. The van der Waals surface area contributed by atoms with Crippen LogP contribution >= 0.6 is 11.6 Å². The Balaban J connectivity index is 2.68. The number of ether oxygens (including phenoxy) is 1. The fraction of sp³-hybridized carbons (Fsp3) is 0.750. The SMILES string of the molecule is O=C=NN1CCOC1(O)Cl. The Bertz CT molecular complexity index is 177. The van der Waals surface area contributed by atoms with Crippen LogP contribution in [0, 0.1) is 0 Å². The summed E-state index contributed by atoms with van der Waals surface area (Å²) in [5.41, 5.74) is 0. The zero-order valence-corrected chi connectivity index (χ0v) is 5.71. The lowest BCUT2D eigenvalue weighted by molar-refractivity contribution is -0.175. The van der Waals surface area contributed by atoms with Gasteiger partial charge in [-0.25, -0.2) is 9.80 Å². The molecule has 1 atom stereocenters. The van der Waals surface area contributed by atoms with Crippen molar-refractivity contribution in [3.05, 3.63) is 0 Å². The number of aliphatic hydroxyl groups is 1. The summed E-state index contributed by atoms with van der Waals surface area (Å²) in [4.78, 5) is 9.69. The van der Waals surface area contributed by atoms with Crippen molar-refractivity contribution in [3.8, 4) is 0 Å². The van der Waals surface area contributed by atoms with Crippen LogP contribution in [0.3, 0.4) is 0 Å². The summed E-state index contributed by atoms with van der Waals surface area (Å²) in [5, 5.41) is 11.0. The second-order valence-electron chi connectivity index (χ2n) is 1.69. The Morgan fingerprint density at radius 1 is 1.90 bits per heavy atom. The standard InChI is InChI=1S/C4H5ClN2O3/c5-4(9)7(6-3-8)1-2-10-4/h9H,1-2H2. The van der Waals surface area contributed by atoms with Crippen molar-refractivity contribution < 1.29 is 14.6 Å². The number of halogens is 1. The van der Waals surface area contributed by atoms with Crippen LogP contribution in [0.25, 0.3) is 0 Å². The molecule has 1 rings (SSSR count). The average molecular weight is 165 g/mol. The van der Waals surface area contributed by atoms with E-state index in [1.807, 2.05) is 0 Å². The molecule has 0 radical (unpaired) electrons. The molecular formula is C4H5ClN2O3. The van der Waals surface area contributed by atoms with E-state index in [1.165, 1.54) is 6.08 Å². The van der Waals surface area contributed by atoms with Crippen LogP contribution < -0.4 is 0 Å². The molecule has 0 amide bonds. The number of isocyanates is 1. The van der Waals surface area contributed by atoms with Gasteiger partial charge in [-0.1, -0.05) is 5.10 Å². The van der Waals surface area contributed by atoms with Crippen molar-refractivity contribution in [1.29, 1.82) is 0 Å². The van der Waals surface area contributed by atoms with E-state index in [9.17, 15) is 4.79 Å². The van der Waals surface area contributed by atoms with Crippen molar-refractivity contribution in [1.82, 2.24) is 5.01 Å². The summed E-state index contributed by atoms with van der Waals surface area (Å²) < 4.78 is 4.58. The number of carbonyl (C=O) groups excluding carboxylic acids is 1. The molecule has 1 fully saturated rings. The molecule has 1 aliphatic rings. The van der Waals surface area contributed by atoms with E-state index in [2.05, 4.69) is 9.84 Å². The second-order valence-corrected chi connectivity index (χ2v) is 2.18. The summed E-state index contributed by atoms with van der Waals surface area (Å²) in [6, 6.07) is 0. The Kier molecular flexibility index (Phi) is 1.92. The predicted octanol–water partition coefficient (Wildman–Crippen LogP) is -0.588. The molecule has 10 heavy (non-hydrogen) atoms. The van der Waals surface area contributed by atoms with E-state index in [0.717, 1.165) is 5.01 Å². The van der Waals surface area contributed by atoms with Crippen molar-refractivity contribution in [2.24, 2.45) is 5.10 Å². The third kappa shape index (κ3) is 1.27. The maximum absolute atomic E-state index is 9.69. The highest BCUT2D eigenvalue weighted by Crippen LogP contribution is 2.23. The molecule has 6 heteroatoms. The summed E-state index contributed by atoms with van der Waals surface area (Å²) >= 11 is 5.30. The van der Waals surface area contributed by atoms with Gasteiger partial charge in [-0.05, 0) is 11.6 Å². The van der Waals surface area contributed by atoms with Crippen molar-refractivity contribution >= 4 is 17.7 Å². The summed E-state index contributed by atoms with van der Waals surface area (Å²) in [5.74, 6) is 0. The second kappa shape index (κ2) is 2.56. The lowest BCUT2D eigenvalue weighted by atomic mass is 10.7. The van der Waals surface area contributed by atoms with Gasteiger partial charge in [-0.2, -0.15) is 0 Å². The molecular weight excluding hydrogens is 160 g/mol. The Morgan fingerprint density at radius 2 is 2.60 bits per heavy atom. The van der Waals surface area contributed by atoms with Gasteiger partial charge in [-0.3, -0.25) is 0 Å². The van der Waals surface area contributed by atoms with Gasteiger partial charge < -0.3 is 9.84 Å². The molecule has 1 N–H and O–H groups in total. The smallest absolute Gasteiger partial charge is 0.335 e. The molecule has 0 saturated carbocycles. The quantitative estimate of drug-likeness (QED) is 0.244. The average Bonchev–Trinajstić information content (AvgIpc) is 2.13. The zero-order valence-electron chi connectivity index (χ0n) is 4.95. The van der Waals surface area contributed by atoms with Crippen LogP contribution in [0.4, 0.5) is 0 Å². The van der Waals surface area contributed by atoms with Crippen LogP contribution in [0.5, 0.6) is 0 Å². The molecule has 1 saturated heterocycles. The molecule has 0 aromatic heterocycles. The molecule has 0 bridgehead atoms. The normalized spacial score (nSPS) is 32.0. The molecule has 56 valence electrons. The molecule has 1 unspecified atom stereocenters. The minimum absolute atomic E-state index is 0.241. The molecule has 5 nitrogen and oxygen atoms in total. The maximum atomic E-state index is 9.69. The van der Waals surface area contributed by atoms with Crippen LogP contribution in [-0.2, 0) is 9.53 Å². The Hall–Kier alpha value is -0.610. The summed E-state index contributed by atoms with van der Waals surface area (Å²) in [7, 11) is 0. The van der Waals surface area contributed by atoms with Gasteiger partial charge >= 0.3 is 5.37 Å². The number of rotatable bonds is 1. The first kappa shape index (κ1) is 7.50. The van der Waals surface area contributed by atoms with Crippen molar-refractivity contribution in [3.63, 3.8) is 0 Å². The van der Waals surface area contributed by atoms with E-state index in [-0.39, 0.29) is 13.2 Å². The van der Waals surface area contributed by atoms with Gasteiger partial charge in [0.25, 0.3) is 6.08 Å². The highest BCUT2D eigenvalue weighted by Gasteiger charge is 2.38. The topological polar surface area (TPSA) is 62.1 Å². The lowest BCUT2D eigenvalue weighted by Crippen LogP contribution is -2.35. The lowest BCUT2D eigenvalue weighted by Gasteiger charge is -2.19. The van der Waals surface area contributed by atoms with Crippen LogP contribution in [0.1, 0.15) is 0 Å². The predicted molar refractivity (Wildman–Crippen MR) is 31.6 cm³/mol. The molecule has 1 aliphatic heterocycles. The highest BCUT2D eigenvalue weighted by molar-refractivity contribution is 6.21. The van der Waals surface area contributed by atoms with Crippen molar-refractivity contribution in [2.75, 3.05) is 13.2 Å². The number of hydrazone groups is 1. The first-order valence-corrected chi connectivity index (χ1v) is 2.95. The van der Waals surface area contributed by atoms with Gasteiger partial charge in [0, 0.05) is 0 Å². The summed E-state index contributed by atoms with van der Waals surface area (Å²) in [6.45, 7) is 0.528. The minimum Gasteiger partial charge on any atom is -0.335 e. The highest BCUT2D eigenvalue weighted by atomic mass is 35.5. The van der Waals surface area contributed by atoms with E-state index < -0.39 is 5.37 Å². The monoisotopic (exact) mass is 164 g/mol. The van der Waals surface area contributed by atoms with Gasteiger partial charge in [0.2, 0.25) is 0 Å². The maximum Gasteiger partial charge on any atom is 0.350 e. The molecule has 0 aliphatic carbocycles. The number of hydrogen-bond donors (Lipinski definition) is 1. The number of alkyl halides is 1. The van der Waals surface area contributed by atoms with Crippen LogP contribution in [-0.4, -0.2) is 34.7 Å². The van der Waals surface area contributed by atoms with Crippen LogP contribution in [0.2, 0.25) is 0 Å². The fourth-order valence-electron chi connectivity index (χ4n) is 0.635. The van der Waals surface area contributed by atoms with Gasteiger partial charge in [0.1, 0.15) is 0 Å². The van der Waals surface area contributed by atoms with E-state index in [1.54, 1.807) is 0 Å². The first-order chi connectivity index (χ1) is 4.67. The minimum atomic E-state index is -1.96. The Morgan fingerprint density at radius 3 is 3.00 bits per heavy atom. The zero-order chi connectivity index (χ0) is 7.61. The van der Waals surface area contributed by atoms with Gasteiger partial charge in [0.15, 0.2) is 0 Å². The first-order valence-electron chi connectivity index (χ1n) is 2.57. The molecule has 0 spiro atoms. The molecule has 0 aromatic rings.